The van der Waals surface area contributed by atoms with Gasteiger partial charge in [0.05, 0.1) is 5.69 Å². The SMILES string of the molecule is Cc1cc(C)n(C[C@H](C)CNC(=O)c2nccnc2N)n1. The molecule has 3 N–H and O–H groups in total. The lowest BCUT2D eigenvalue weighted by atomic mass is 10.2. The Hall–Kier alpha value is -2.44. The third kappa shape index (κ3) is 3.77. The molecule has 0 aliphatic rings. The Balaban J connectivity index is 1.89. The number of anilines is 1. The number of carbonyl (C=O) groups excluding carboxylic acids is 1. The Morgan fingerprint density at radius 2 is 2.10 bits per heavy atom. The zero-order chi connectivity index (χ0) is 15.4. The average molecular weight is 288 g/mol. The highest BCUT2D eigenvalue weighted by Crippen LogP contribution is 2.07. The molecule has 1 amide bonds. The summed E-state index contributed by atoms with van der Waals surface area (Å²) in [6, 6.07) is 2.03. The molecule has 0 saturated heterocycles. The smallest absolute Gasteiger partial charge is 0.273 e. The lowest BCUT2D eigenvalue weighted by Crippen LogP contribution is -2.31. The van der Waals surface area contributed by atoms with E-state index in [-0.39, 0.29) is 23.3 Å². The molecule has 0 radical (unpaired) electrons. The van der Waals surface area contributed by atoms with Gasteiger partial charge >= 0.3 is 0 Å². The molecular formula is C14H20N6O. The van der Waals surface area contributed by atoms with E-state index in [1.54, 1.807) is 0 Å². The molecule has 0 saturated carbocycles. The van der Waals surface area contributed by atoms with Crippen LogP contribution in [0.5, 0.6) is 0 Å². The van der Waals surface area contributed by atoms with Crippen LogP contribution in [-0.2, 0) is 6.54 Å². The maximum Gasteiger partial charge on any atom is 0.273 e. The minimum Gasteiger partial charge on any atom is -0.382 e. The molecule has 0 aliphatic carbocycles. The van der Waals surface area contributed by atoms with E-state index in [1.165, 1.54) is 12.4 Å². The maximum absolute atomic E-state index is 12.0. The lowest BCUT2D eigenvalue weighted by Gasteiger charge is -2.14. The van der Waals surface area contributed by atoms with Crippen LogP contribution in [0.4, 0.5) is 5.82 Å². The van der Waals surface area contributed by atoms with Gasteiger partial charge < -0.3 is 11.1 Å². The van der Waals surface area contributed by atoms with Gasteiger partial charge in [-0.3, -0.25) is 9.48 Å². The highest BCUT2D eigenvalue weighted by molar-refractivity contribution is 5.96. The van der Waals surface area contributed by atoms with Crippen molar-refractivity contribution < 1.29 is 4.79 Å². The van der Waals surface area contributed by atoms with Crippen molar-refractivity contribution in [1.29, 1.82) is 0 Å². The fourth-order valence-corrected chi connectivity index (χ4v) is 2.09. The van der Waals surface area contributed by atoms with Crippen LogP contribution in [0.25, 0.3) is 0 Å². The molecule has 7 nitrogen and oxygen atoms in total. The number of amides is 1. The number of hydrogen-bond acceptors (Lipinski definition) is 5. The summed E-state index contributed by atoms with van der Waals surface area (Å²) in [7, 11) is 0. The Morgan fingerprint density at radius 3 is 2.71 bits per heavy atom. The van der Waals surface area contributed by atoms with E-state index in [0.29, 0.717) is 6.54 Å². The van der Waals surface area contributed by atoms with Crippen LogP contribution in [0.2, 0.25) is 0 Å². The third-order valence-electron chi connectivity index (χ3n) is 3.14. The molecule has 0 fully saturated rings. The number of aryl methyl sites for hydroxylation is 2. The normalized spacial score (nSPS) is 12.1. The predicted octanol–water partition coefficient (Wildman–Crippen LogP) is 0.938. The highest BCUT2D eigenvalue weighted by atomic mass is 16.1. The number of aromatic nitrogens is 4. The summed E-state index contributed by atoms with van der Waals surface area (Å²) in [6.45, 7) is 7.30. The summed E-state index contributed by atoms with van der Waals surface area (Å²) in [6.07, 6.45) is 2.90. The van der Waals surface area contributed by atoms with E-state index >= 15 is 0 Å². The number of hydrogen-bond donors (Lipinski definition) is 2. The van der Waals surface area contributed by atoms with Gasteiger partial charge in [-0.15, -0.1) is 0 Å². The molecule has 1 atom stereocenters. The fourth-order valence-electron chi connectivity index (χ4n) is 2.09. The maximum atomic E-state index is 12.0. The van der Waals surface area contributed by atoms with Gasteiger partial charge in [0.15, 0.2) is 11.5 Å². The molecule has 0 spiro atoms. The van der Waals surface area contributed by atoms with E-state index in [2.05, 4.69) is 27.3 Å². The first-order valence-corrected chi connectivity index (χ1v) is 6.83. The number of rotatable bonds is 5. The Kier molecular flexibility index (Phi) is 4.52. The second-order valence-corrected chi connectivity index (χ2v) is 5.21. The van der Waals surface area contributed by atoms with Gasteiger partial charge in [-0.2, -0.15) is 5.10 Å². The third-order valence-corrected chi connectivity index (χ3v) is 3.14. The first kappa shape index (κ1) is 15.0. The van der Waals surface area contributed by atoms with E-state index in [4.69, 9.17) is 5.73 Å². The van der Waals surface area contributed by atoms with E-state index in [0.717, 1.165) is 17.9 Å². The Morgan fingerprint density at radius 1 is 1.38 bits per heavy atom. The number of nitrogens with zero attached hydrogens (tertiary/aromatic N) is 4. The van der Waals surface area contributed by atoms with Crippen molar-refractivity contribution >= 4 is 11.7 Å². The Bertz CT molecular complexity index is 636. The summed E-state index contributed by atoms with van der Waals surface area (Å²) in [5.74, 6) is 0.0758. The van der Waals surface area contributed by atoms with Crippen molar-refractivity contribution in [3.05, 3.63) is 35.5 Å². The quantitative estimate of drug-likeness (QED) is 0.853. The zero-order valence-electron chi connectivity index (χ0n) is 12.5. The minimum absolute atomic E-state index is 0.140. The summed E-state index contributed by atoms with van der Waals surface area (Å²) < 4.78 is 1.95. The van der Waals surface area contributed by atoms with Crippen molar-refractivity contribution in [1.82, 2.24) is 25.1 Å². The molecular weight excluding hydrogens is 268 g/mol. The van der Waals surface area contributed by atoms with Crippen molar-refractivity contribution in [2.45, 2.75) is 27.3 Å². The van der Waals surface area contributed by atoms with Gasteiger partial charge in [0.1, 0.15) is 0 Å². The predicted molar refractivity (Wildman–Crippen MR) is 79.6 cm³/mol. The first-order chi connectivity index (χ1) is 9.97. The first-order valence-electron chi connectivity index (χ1n) is 6.83. The minimum atomic E-state index is -0.305. The molecule has 7 heteroatoms. The monoisotopic (exact) mass is 288 g/mol. The molecule has 2 rings (SSSR count). The Labute approximate surface area is 123 Å². The van der Waals surface area contributed by atoms with Crippen molar-refractivity contribution in [2.24, 2.45) is 5.92 Å². The van der Waals surface area contributed by atoms with Crippen molar-refractivity contribution in [3.63, 3.8) is 0 Å². The van der Waals surface area contributed by atoms with Crippen molar-refractivity contribution in [3.8, 4) is 0 Å². The molecule has 0 aromatic carbocycles. The number of nitrogens with one attached hydrogen (secondary N) is 1. The molecule has 2 aromatic heterocycles. The van der Waals surface area contributed by atoms with Crippen LogP contribution in [0.15, 0.2) is 18.5 Å². The topological polar surface area (TPSA) is 98.7 Å². The van der Waals surface area contributed by atoms with Gasteiger partial charge in [-0.05, 0) is 25.8 Å². The molecule has 2 heterocycles. The van der Waals surface area contributed by atoms with Crippen LogP contribution in [0, 0.1) is 19.8 Å². The molecule has 2 aromatic rings. The van der Waals surface area contributed by atoms with Gasteiger partial charge in [0.25, 0.3) is 5.91 Å². The molecule has 21 heavy (non-hydrogen) atoms. The summed E-state index contributed by atoms with van der Waals surface area (Å²) in [5, 5.41) is 7.23. The van der Waals surface area contributed by atoms with E-state index in [9.17, 15) is 4.79 Å². The van der Waals surface area contributed by atoms with Gasteiger partial charge in [0.2, 0.25) is 0 Å². The van der Waals surface area contributed by atoms with Crippen LogP contribution in [0.1, 0.15) is 28.8 Å². The number of nitrogens with two attached hydrogens (primary N) is 1. The van der Waals surface area contributed by atoms with Crippen molar-refractivity contribution in [2.75, 3.05) is 12.3 Å². The zero-order valence-corrected chi connectivity index (χ0v) is 12.5. The summed E-state index contributed by atoms with van der Waals surface area (Å²) in [5.41, 5.74) is 7.90. The second kappa shape index (κ2) is 6.34. The second-order valence-electron chi connectivity index (χ2n) is 5.21. The average Bonchev–Trinajstić information content (AvgIpc) is 2.74. The standard InChI is InChI=1S/C14H20N6O/c1-9(8-20-11(3)6-10(2)19-20)7-18-14(21)12-13(15)17-5-4-16-12/h4-6,9H,7-8H2,1-3H3,(H2,15,17)(H,18,21)/t9-/m1/s1. The van der Waals surface area contributed by atoms with E-state index in [1.807, 2.05) is 24.6 Å². The van der Waals surface area contributed by atoms with Crippen LogP contribution in [-0.4, -0.2) is 32.2 Å². The molecule has 0 unspecified atom stereocenters. The number of nitrogen functional groups attached to an aromatic ring is 1. The van der Waals surface area contributed by atoms with Gasteiger partial charge in [-0.25, -0.2) is 9.97 Å². The lowest BCUT2D eigenvalue weighted by molar-refractivity contribution is 0.0942. The highest BCUT2D eigenvalue weighted by Gasteiger charge is 2.13. The molecule has 0 bridgehead atoms. The van der Waals surface area contributed by atoms with Crippen LogP contribution < -0.4 is 11.1 Å². The summed E-state index contributed by atoms with van der Waals surface area (Å²) in [4.78, 5) is 19.8. The fraction of sp³-hybridized carbons (Fsp3) is 0.429. The number of carbonyl (C=O) groups is 1. The summed E-state index contributed by atoms with van der Waals surface area (Å²) >= 11 is 0. The largest absolute Gasteiger partial charge is 0.382 e. The van der Waals surface area contributed by atoms with Crippen LogP contribution >= 0.6 is 0 Å². The molecule has 0 aliphatic heterocycles. The van der Waals surface area contributed by atoms with Gasteiger partial charge in [0, 0.05) is 31.2 Å². The van der Waals surface area contributed by atoms with E-state index < -0.39 is 0 Å². The molecule has 112 valence electrons. The van der Waals surface area contributed by atoms with Gasteiger partial charge in [-0.1, -0.05) is 6.92 Å². The van der Waals surface area contributed by atoms with Crippen LogP contribution in [0.3, 0.4) is 0 Å².